The van der Waals surface area contributed by atoms with Crippen molar-refractivity contribution in [2.24, 2.45) is 0 Å². The lowest BCUT2D eigenvalue weighted by Gasteiger charge is -2.11. The average molecular weight is 221 g/mol. The van der Waals surface area contributed by atoms with Crippen molar-refractivity contribution < 1.29 is 0 Å². The van der Waals surface area contributed by atoms with Crippen LogP contribution < -0.4 is 0 Å². The monoisotopic (exact) mass is 220 g/mol. The molecule has 1 aliphatic carbocycles. The summed E-state index contributed by atoms with van der Waals surface area (Å²) < 4.78 is 2.19. The Labute approximate surface area is 93.1 Å². The number of rotatable bonds is 1. The van der Waals surface area contributed by atoms with Crippen molar-refractivity contribution in [1.29, 1.82) is 0 Å². The van der Waals surface area contributed by atoms with E-state index in [0.717, 1.165) is 11.0 Å². The molecule has 1 radical (unpaired) electrons. The largest absolute Gasteiger partial charge is 0.329 e. The van der Waals surface area contributed by atoms with E-state index in [-0.39, 0.29) is 0 Å². The fourth-order valence-electron chi connectivity index (χ4n) is 2.33. The molecule has 2 heterocycles. The van der Waals surface area contributed by atoms with E-state index >= 15 is 0 Å². The van der Waals surface area contributed by atoms with Crippen molar-refractivity contribution in [3.63, 3.8) is 0 Å². The summed E-state index contributed by atoms with van der Waals surface area (Å²) in [5.41, 5.74) is 0.918. The summed E-state index contributed by atoms with van der Waals surface area (Å²) in [5.74, 6) is 0. The van der Waals surface area contributed by atoms with Gasteiger partial charge in [-0.25, -0.2) is 9.97 Å². The van der Waals surface area contributed by atoms with Gasteiger partial charge in [0.25, 0.3) is 0 Å². The maximum atomic E-state index is 5.98. The Morgan fingerprint density at radius 2 is 2.13 bits per heavy atom. The van der Waals surface area contributed by atoms with Gasteiger partial charge < -0.3 is 4.57 Å². The topological polar surface area (TPSA) is 30.7 Å². The minimum atomic E-state index is 0.497. The van der Waals surface area contributed by atoms with Crippen LogP contribution in [0.2, 0.25) is 5.15 Å². The number of fused-ring (bicyclic) bond motifs is 1. The number of hydrogen-bond acceptors (Lipinski definition) is 2. The van der Waals surface area contributed by atoms with Gasteiger partial charge in [0.2, 0.25) is 0 Å². The summed E-state index contributed by atoms with van der Waals surface area (Å²) in [6.07, 6.45) is 8.57. The zero-order valence-corrected chi connectivity index (χ0v) is 9.04. The Morgan fingerprint density at radius 3 is 2.93 bits per heavy atom. The smallest absolute Gasteiger partial charge is 0.145 e. The molecule has 0 saturated heterocycles. The van der Waals surface area contributed by atoms with E-state index in [0.29, 0.717) is 11.2 Å². The van der Waals surface area contributed by atoms with E-state index in [2.05, 4.69) is 20.6 Å². The first kappa shape index (κ1) is 9.16. The van der Waals surface area contributed by atoms with Crippen molar-refractivity contribution in [1.82, 2.24) is 14.5 Å². The van der Waals surface area contributed by atoms with E-state index in [1.807, 2.05) is 6.20 Å². The van der Waals surface area contributed by atoms with E-state index in [4.69, 9.17) is 11.6 Å². The minimum absolute atomic E-state index is 0.497. The number of aromatic nitrogens is 3. The van der Waals surface area contributed by atoms with Crippen molar-refractivity contribution in [3.05, 3.63) is 23.7 Å². The molecule has 0 unspecified atom stereocenters. The molecule has 3 nitrogen and oxygen atoms in total. The Morgan fingerprint density at radius 1 is 1.33 bits per heavy atom. The van der Waals surface area contributed by atoms with Gasteiger partial charge in [0, 0.05) is 18.3 Å². The Kier molecular flexibility index (Phi) is 2.13. The fourth-order valence-corrected chi connectivity index (χ4v) is 2.51. The molecule has 1 aliphatic rings. The first-order valence-electron chi connectivity index (χ1n) is 5.25. The summed E-state index contributed by atoms with van der Waals surface area (Å²) >= 11 is 5.98. The van der Waals surface area contributed by atoms with E-state index in [1.54, 1.807) is 0 Å². The summed E-state index contributed by atoms with van der Waals surface area (Å²) in [6, 6.07) is 3.71. The molecule has 4 heteroatoms. The zero-order valence-electron chi connectivity index (χ0n) is 8.28. The van der Waals surface area contributed by atoms with Gasteiger partial charge in [0.15, 0.2) is 0 Å². The number of halogens is 1. The summed E-state index contributed by atoms with van der Waals surface area (Å²) in [6.45, 7) is 0. The van der Waals surface area contributed by atoms with E-state index < -0.39 is 0 Å². The van der Waals surface area contributed by atoms with E-state index in [9.17, 15) is 0 Å². The fraction of sp³-hybridized carbons (Fsp3) is 0.455. The van der Waals surface area contributed by atoms with Gasteiger partial charge in [-0.3, -0.25) is 0 Å². The van der Waals surface area contributed by atoms with Crippen molar-refractivity contribution in [2.45, 2.75) is 31.7 Å². The SMILES string of the molecule is Clc1ncnc2c1[c]cn2C1CCCC1. The van der Waals surface area contributed by atoms with Gasteiger partial charge in [-0.1, -0.05) is 24.4 Å². The third-order valence-electron chi connectivity index (χ3n) is 3.09. The molecule has 0 aromatic carbocycles. The summed E-state index contributed by atoms with van der Waals surface area (Å²) in [4.78, 5) is 8.24. The molecule has 2 aromatic rings. The van der Waals surface area contributed by atoms with E-state index in [1.165, 1.54) is 32.0 Å². The number of nitrogens with zero attached hydrogens (tertiary/aromatic N) is 3. The van der Waals surface area contributed by atoms with Crippen LogP contribution in [0.15, 0.2) is 12.5 Å². The lowest BCUT2D eigenvalue weighted by Crippen LogP contribution is -2.03. The van der Waals surface area contributed by atoms with Crippen LogP contribution in [0, 0.1) is 6.07 Å². The Balaban J connectivity index is 2.15. The second-order valence-corrected chi connectivity index (χ2v) is 4.34. The van der Waals surface area contributed by atoms with Gasteiger partial charge in [0.05, 0.1) is 5.39 Å². The highest BCUT2D eigenvalue weighted by molar-refractivity contribution is 6.33. The standard InChI is InChI=1S/C11H11ClN3/c12-10-9-5-6-15(8-3-1-2-4-8)11(9)14-7-13-10/h6-8H,1-4H2. The molecule has 15 heavy (non-hydrogen) atoms. The zero-order chi connectivity index (χ0) is 10.3. The quantitative estimate of drug-likeness (QED) is 0.692. The molecular weight excluding hydrogens is 210 g/mol. The average Bonchev–Trinajstić information content (AvgIpc) is 2.85. The van der Waals surface area contributed by atoms with Crippen LogP contribution in [0.3, 0.4) is 0 Å². The van der Waals surface area contributed by atoms with Crippen LogP contribution in [0.25, 0.3) is 11.0 Å². The van der Waals surface area contributed by atoms with Gasteiger partial charge >= 0.3 is 0 Å². The molecule has 1 saturated carbocycles. The molecule has 3 rings (SSSR count). The normalized spacial score (nSPS) is 17.7. The highest BCUT2D eigenvalue weighted by atomic mass is 35.5. The third kappa shape index (κ3) is 1.42. The second-order valence-electron chi connectivity index (χ2n) is 3.98. The van der Waals surface area contributed by atoms with Gasteiger partial charge in [0.1, 0.15) is 17.1 Å². The minimum Gasteiger partial charge on any atom is -0.329 e. The maximum Gasteiger partial charge on any atom is 0.145 e. The Bertz CT molecular complexity index is 486. The molecule has 0 atom stereocenters. The van der Waals surface area contributed by atoms with Crippen LogP contribution in [-0.4, -0.2) is 14.5 Å². The summed E-state index contributed by atoms with van der Waals surface area (Å²) in [7, 11) is 0. The van der Waals surface area contributed by atoms with Gasteiger partial charge in [-0.05, 0) is 12.8 Å². The van der Waals surface area contributed by atoms with Crippen molar-refractivity contribution in [3.8, 4) is 0 Å². The molecule has 0 amide bonds. The van der Waals surface area contributed by atoms with Crippen LogP contribution in [0.4, 0.5) is 0 Å². The molecule has 0 spiro atoms. The maximum absolute atomic E-state index is 5.98. The first-order valence-corrected chi connectivity index (χ1v) is 5.63. The van der Waals surface area contributed by atoms with Gasteiger partial charge in [-0.15, -0.1) is 0 Å². The highest BCUT2D eigenvalue weighted by Crippen LogP contribution is 2.32. The third-order valence-corrected chi connectivity index (χ3v) is 3.38. The molecule has 2 aromatic heterocycles. The molecule has 1 fully saturated rings. The lowest BCUT2D eigenvalue weighted by atomic mass is 10.2. The summed E-state index contributed by atoms with van der Waals surface area (Å²) in [5, 5.41) is 1.34. The second kappa shape index (κ2) is 3.49. The molecule has 0 bridgehead atoms. The van der Waals surface area contributed by atoms with Crippen LogP contribution >= 0.6 is 11.6 Å². The predicted molar refractivity (Wildman–Crippen MR) is 58.9 cm³/mol. The molecular formula is C11H11ClN3. The van der Waals surface area contributed by atoms with Crippen LogP contribution in [0.5, 0.6) is 0 Å². The molecule has 0 aliphatic heterocycles. The highest BCUT2D eigenvalue weighted by Gasteiger charge is 2.19. The van der Waals surface area contributed by atoms with Crippen LogP contribution in [-0.2, 0) is 0 Å². The van der Waals surface area contributed by atoms with Gasteiger partial charge in [-0.2, -0.15) is 0 Å². The number of hydrogen-bond donors (Lipinski definition) is 0. The first-order chi connectivity index (χ1) is 7.36. The molecule has 77 valence electrons. The molecule has 0 N–H and O–H groups in total. The lowest BCUT2D eigenvalue weighted by molar-refractivity contribution is 0.532. The van der Waals surface area contributed by atoms with Crippen molar-refractivity contribution in [2.75, 3.05) is 0 Å². The van der Waals surface area contributed by atoms with Crippen LogP contribution in [0.1, 0.15) is 31.7 Å². The van der Waals surface area contributed by atoms with Crippen molar-refractivity contribution >= 4 is 22.6 Å². The Hall–Kier alpha value is -1.09. The predicted octanol–water partition coefficient (Wildman–Crippen LogP) is 3.00.